The molecule has 10 N–H and O–H groups in total. The first kappa shape index (κ1) is 79.9. The van der Waals surface area contributed by atoms with Gasteiger partial charge in [-0.15, -0.1) is 22.7 Å². The molecule has 532 valence electrons. The molecule has 4 amide bonds. The molecule has 6 atom stereocenters. The van der Waals surface area contributed by atoms with Crippen molar-refractivity contribution < 1.29 is 142 Å². The van der Waals surface area contributed by atoms with E-state index in [-0.39, 0.29) is 191 Å². The molecule has 8 heterocycles. The molecule has 6 aliphatic rings. The third-order valence-corrected chi connectivity index (χ3v) is 23.2. The Morgan fingerprint density at radius 3 is 1.29 bits per heavy atom. The number of anilines is 4. The minimum absolute atomic E-state index is 0. The van der Waals surface area contributed by atoms with E-state index >= 15 is 8.78 Å². The van der Waals surface area contributed by atoms with E-state index in [0.29, 0.717) is 36.4 Å². The van der Waals surface area contributed by atoms with Crippen LogP contribution in [0.5, 0.6) is 0 Å². The molecule has 48 heteroatoms. The summed E-state index contributed by atoms with van der Waals surface area (Å²) in [5.74, 6) is -8.85. The van der Waals surface area contributed by atoms with Gasteiger partial charge < -0.3 is 80.7 Å². The fourth-order valence-corrected chi connectivity index (χ4v) is 18.6. The number of aromatic nitrogens is 4. The number of carboxylic acid groups (broad SMARTS) is 2. The van der Waals surface area contributed by atoms with Gasteiger partial charge in [-0.25, -0.2) is 53.8 Å². The Kier molecular flexibility index (Phi) is 25.0. The minimum atomic E-state index is -5.30. The number of thioether (sulfide) groups is 2. The van der Waals surface area contributed by atoms with Gasteiger partial charge in [0.15, 0.2) is 42.3 Å². The van der Waals surface area contributed by atoms with Gasteiger partial charge in [0.05, 0.1) is 43.2 Å². The number of thiocarbonyl (C=S) groups is 2. The SMILES string of the molecule is CON=C(C(=O)N[C@H]1C(=O)N(S(=O)(=O)[O-])C1SC(=S)NC1CCN(c2c(F)cc3c(=O)c(C(=O)O)cn(C4CC4)c3c2Cl)C1)c1csc(N)n1.CON=C(C(=O)N[C@H]1C(=O)N(S(=O)(=O)[O-])C1SC(=S)NC1CCN(c2c(F)cc3c(=O)c(C(=O)O)cn(C4CC4)c3c2Cl)C1)c1csc(N)n1.[Na+].[Na+]. The van der Waals surface area contributed by atoms with E-state index in [4.69, 9.17) is 68.8 Å². The second-order valence-electron chi connectivity index (χ2n) is 22.7. The number of nitrogens with one attached hydrogen (secondary N) is 4. The zero-order valence-corrected chi connectivity index (χ0v) is 65.0. The van der Waals surface area contributed by atoms with E-state index in [1.807, 2.05) is 0 Å². The maximum absolute atomic E-state index is 15.6. The van der Waals surface area contributed by atoms with Crippen molar-refractivity contribution in [2.24, 2.45) is 10.3 Å². The molecule has 4 aromatic heterocycles. The summed E-state index contributed by atoms with van der Waals surface area (Å²) in [6, 6.07) is -2.13. The van der Waals surface area contributed by atoms with Crippen LogP contribution in [-0.4, -0.2) is 195 Å². The number of carbonyl (C=O) groups excluding carboxylic acids is 4. The average molecular weight is 1620 g/mol. The van der Waals surface area contributed by atoms with Crippen LogP contribution in [-0.2, 0) is 49.5 Å². The van der Waals surface area contributed by atoms with E-state index in [2.05, 4.69) is 41.5 Å². The van der Waals surface area contributed by atoms with Crippen LogP contribution in [0.15, 0.2) is 55.2 Å². The first-order valence-electron chi connectivity index (χ1n) is 29.1. The molecule has 0 spiro atoms. The molecular weight excluding hydrogens is 1570 g/mol. The number of halogens is 4. The van der Waals surface area contributed by atoms with Crippen molar-refractivity contribution in [2.75, 3.05) is 61.7 Å². The molecule has 0 radical (unpaired) electrons. The van der Waals surface area contributed by atoms with Crippen molar-refractivity contribution in [2.45, 2.75) is 85.5 Å². The van der Waals surface area contributed by atoms with Gasteiger partial charge in [0.1, 0.15) is 79.8 Å². The number of benzene rings is 2. The minimum Gasteiger partial charge on any atom is -0.731 e. The summed E-state index contributed by atoms with van der Waals surface area (Å²) in [5, 5.41) is 36.7. The zero-order valence-electron chi connectivity index (χ0n) is 53.0. The Morgan fingerprint density at radius 2 is 1.00 bits per heavy atom. The van der Waals surface area contributed by atoms with Crippen LogP contribution in [0.1, 0.15) is 82.7 Å². The molecular formula is C54H50Cl2F2N16Na2O18S8. The summed E-state index contributed by atoms with van der Waals surface area (Å²) in [4.78, 5) is 121. The van der Waals surface area contributed by atoms with Crippen molar-refractivity contribution in [1.29, 1.82) is 0 Å². The number of β-lactam (4-membered cyclic amide) rings is 2. The number of hydrogen-bond donors (Lipinski definition) is 8. The molecule has 4 aliphatic heterocycles. The van der Waals surface area contributed by atoms with Crippen LogP contribution in [0.2, 0.25) is 10.0 Å². The largest absolute Gasteiger partial charge is 1.00 e. The number of carboxylic acids is 2. The normalized spacial score (nSPS) is 20.5. The summed E-state index contributed by atoms with van der Waals surface area (Å²) in [7, 11) is -8.27. The van der Waals surface area contributed by atoms with E-state index in [1.54, 1.807) is 18.9 Å². The fourth-order valence-electron chi connectivity index (χ4n) is 11.5. The van der Waals surface area contributed by atoms with E-state index in [9.17, 15) is 74.5 Å². The monoisotopic (exact) mass is 1620 g/mol. The van der Waals surface area contributed by atoms with Crippen molar-refractivity contribution >= 4 is 214 Å². The quantitative estimate of drug-likeness (QED) is 0.00916. The smallest absolute Gasteiger partial charge is 0.731 e. The maximum atomic E-state index is 15.6. The van der Waals surface area contributed by atoms with Gasteiger partial charge in [0.2, 0.25) is 10.9 Å². The van der Waals surface area contributed by atoms with E-state index < -0.39 is 125 Å². The van der Waals surface area contributed by atoms with Crippen LogP contribution >= 0.6 is 93.8 Å². The summed E-state index contributed by atoms with van der Waals surface area (Å²) in [6.45, 7) is 0.839. The second-order valence-corrected chi connectivity index (χ2v) is 31.3. The summed E-state index contributed by atoms with van der Waals surface area (Å²) in [6.07, 6.45) is 6.17. The Hall–Kier alpha value is -6.18. The van der Waals surface area contributed by atoms with Crippen molar-refractivity contribution in [3.05, 3.63) is 99.9 Å². The summed E-state index contributed by atoms with van der Waals surface area (Å²) in [5.41, 5.74) is 8.38. The number of carbonyl (C=O) groups is 6. The number of rotatable bonds is 20. The van der Waals surface area contributed by atoms with Crippen LogP contribution in [0.3, 0.4) is 0 Å². The second kappa shape index (κ2) is 31.9. The molecule has 6 aromatic rings. The predicted octanol–water partition coefficient (Wildman–Crippen LogP) is -3.56. The first-order chi connectivity index (χ1) is 47.2. The van der Waals surface area contributed by atoms with Crippen molar-refractivity contribution in [1.82, 2.24) is 49.0 Å². The molecule has 2 aromatic carbocycles. The zero-order chi connectivity index (χ0) is 72.5. The fraction of sp³-hybridized carbons (Fsp3) is 0.370. The number of amides is 4. The Bertz CT molecular complexity index is 4630. The number of aromatic carboxylic acids is 2. The standard InChI is InChI=1S/2C27H26ClFN8O9S4.2Na/c2*1-46-34-17(15-9-48-26(30)32-15)22(39)33-18-23(40)37(50(43,44)45)24(18)49-27(47)31-10-4-5-35(7-10)20-14(29)6-12-19(16(20)28)36(11-2-3-11)8-13(21(12)38)25(41)42;;/h2*6,8-11,18,24H,2-5,7H2,1H3,(H2,30,32)(H,31,47)(H,33,39)(H,41,42)(H,43,44,45);;/q;;2*+1/p-2/t2*10?,18-,24?;;/m00../s1. The summed E-state index contributed by atoms with van der Waals surface area (Å²) >= 11 is 27.6. The van der Waals surface area contributed by atoms with Crippen molar-refractivity contribution in [3.8, 4) is 0 Å². The molecule has 34 nitrogen and oxygen atoms in total. The maximum Gasteiger partial charge on any atom is 1.00 e. The van der Waals surface area contributed by atoms with Gasteiger partial charge in [-0.05, 0) is 50.7 Å². The van der Waals surface area contributed by atoms with Crippen LogP contribution in [0, 0.1) is 11.6 Å². The number of nitrogens with zero attached hydrogens (tertiary/aromatic N) is 10. The third kappa shape index (κ3) is 16.4. The molecule has 4 saturated heterocycles. The van der Waals surface area contributed by atoms with Gasteiger partial charge in [0, 0.05) is 73.5 Å². The van der Waals surface area contributed by atoms with Crippen molar-refractivity contribution in [3.63, 3.8) is 0 Å². The number of pyridine rings is 2. The average Bonchev–Trinajstić information content (AvgIpc) is 1.13. The van der Waals surface area contributed by atoms with Crippen LogP contribution < -0.4 is 113 Å². The number of thiazole rings is 2. The Balaban J connectivity index is 0.000000233. The Labute approximate surface area is 655 Å². The van der Waals surface area contributed by atoms with Gasteiger partial charge in [-0.2, -0.15) is 0 Å². The van der Waals surface area contributed by atoms with Gasteiger partial charge in [-0.3, -0.25) is 28.8 Å². The Morgan fingerprint density at radius 1 is 0.647 bits per heavy atom. The molecule has 102 heavy (non-hydrogen) atoms. The molecule has 12 rings (SSSR count). The molecule has 4 unspecified atom stereocenters. The molecule has 6 fully saturated rings. The number of fused-ring (bicyclic) bond motifs is 2. The number of nitrogen functional groups attached to an aromatic ring is 2. The molecule has 2 saturated carbocycles. The molecule has 0 bridgehead atoms. The third-order valence-electron chi connectivity index (χ3n) is 16.2. The van der Waals surface area contributed by atoms with Gasteiger partial charge in [-0.1, -0.05) is 81.5 Å². The van der Waals surface area contributed by atoms with E-state index in [0.717, 1.165) is 60.5 Å². The van der Waals surface area contributed by atoms with Gasteiger partial charge in [0.25, 0.3) is 23.6 Å². The molecule has 2 aliphatic carbocycles. The number of oxime groups is 2. The topological polar surface area (TPSA) is 483 Å². The summed E-state index contributed by atoms with van der Waals surface area (Å²) < 4.78 is 106. The van der Waals surface area contributed by atoms with Gasteiger partial charge >= 0.3 is 71.1 Å². The van der Waals surface area contributed by atoms with Crippen LogP contribution in [0.25, 0.3) is 21.8 Å². The van der Waals surface area contributed by atoms with Crippen LogP contribution in [0.4, 0.5) is 30.4 Å². The number of nitrogens with two attached hydrogens (primary N) is 2. The predicted molar refractivity (Wildman–Crippen MR) is 369 cm³/mol. The first-order valence-corrected chi connectivity index (χ1v) is 36.9. The van der Waals surface area contributed by atoms with E-state index in [1.165, 1.54) is 37.4 Å². The number of hydrogen-bond acceptors (Lipinski definition) is 30.